The van der Waals surface area contributed by atoms with Gasteiger partial charge in [0.05, 0.1) is 19.2 Å². The van der Waals surface area contributed by atoms with Crippen molar-refractivity contribution in [3.63, 3.8) is 0 Å². The van der Waals surface area contributed by atoms with Gasteiger partial charge in [-0.05, 0) is 12.1 Å². The Hall–Kier alpha value is -2.25. The van der Waals surface area contributed by atoms with Gasteiger partial charge in [-0.15, -0.1) is 21.5 Å². The number of benzene rings is 1. The number of aromatic nitrogens is 4. The molecule has 2 aromatic heterocycles. The third-order valence-electron chi connectivity index (χ3n) is 3.69. The predicted octanol–water partition coefficient (Wildman–Crippen LogP) is 2.18. The number of nitrogens with one attached hydrogen (secondary N) is 1. The van der Waals surface area contributed by atoms with E-state index in [4.69, 9.17) is 9.72 Å². The summed E-state index contributed by atoms with van der Waals surface area (Å²) in [4.78, 5) is 4.73. The molecule has 112 valence electrons. The first kappa shape index (κ1) is 13.4. The van der Waals surface area contributed by atoms with Gasteiger partial charge in [0, 0.05) is 18.5 Å². The number of para-hydroxylation sites is 1. The highest BCUT2D eigenvalue weighted by Crippen LogP contribution is 2.34. The minimum absolute atomic E-state index is 0.760. The number of thiazole rings is 1. The van der Waals surface area contributed by atoms with Gasteiger partial charge in [-0.3, -0.25) is 0 Å². The fraction of sp³-hybridized carbons (Fsp3) is 0.267. The van der Waals surface area contributed by atoms with E-state index in [-0.39, 0.29) is 0 Å². The van der Waals surface area contributed by atoms with E-state index in [1.165, 1.54) is 0 Å². The van der Waals surface area contributed by atoms with Crippen LogP contribution in [0.15, 0.2) is 29.6 Å². The molecular formula is C15H15N5OS. The van der Waals surface area contributed by atoms with Gasteiger partial charge in [0.1, 0.15) is 22.3 Å². The van der Waals surface area contributed by atoms with Crippen LogP contribution >= 0.6 is 11.3 Å². The Kier molecular flexibility index (Phi) is 3.36. The van der Waals surface area contributed by atoms with Gasteiger partial charge >= 0.3 is 0 Å². The Morgan fingerprint density at radius 1 is 1.27 bits per heavy atom. The topological polar surface area (TPSA) is 64.9 Å². The molecule has 0 radical (unpaired) electrons. The number of hydrogen-bond acceptors (Lipinski definition) is 6. The summed E-state index contributed by atoms with van der Waals surface area (Å²) in [6.07, 6.45) is 0. The van der Waals surface area contributed by atoms with Crippen molar-refractivity contribution in [2.45, 2.75) is 13.1 Å². The number of ether oxygens (including phenoxy) is 1. The molecule has 0 saturated carbocycles. The van der Waals surface area contributed by atoms with Gasteiger partial charge in [0.25, 0.3) is 0 Å². The predicted molar refractivity (Wildman–Crippen MR) is 84.8 cm³/mol. The van der Waals surface area contributed by atoms with E-state index >= 15 is 0 Å². The fourth-order valence-corrected chi connectivity index (χ4v) is 3.43. The average Bonchev–Trinajstić information content (AvgIpc) is 3.21. The lowest BCUT2D eigenvalue weighted by Gasteiger charge is -2.15. The Bertz CT molecular complexity index is 810. The molecule has 22 heavy (non-hydrogen) atoms. The van der Waals surface area contributed by atoms with Crippen molar-refractivity contribution < 1.29 is 4.74 Å². The van der Waals surface area contributed by atoms with Crippen molar-refractivity contribution in [1.82, 2.24) is 25.1 Å². The molecule has 1 aliphatic heterocycles. The standard InChI is InChI=1S/C15H15N5OS/c1-21-12-5-3-2-4-10(12)15-17-11(9-22-15)14-19-18-13-8-16-6-7-20(13)14/h2-5,9,16H,6-8H2,1H3. The highest BCUT2D eigenvalue weighted by atomic mass is 32.1. The van der Waals surface area contributed by atoms with Crippen LogP contribution in [0.3, 0.4) is 0 Å². The molecule has 0 saturated heterocycles. The van der Waals surface area contributed by atoms with Crippen LogP contribution in [0.2, 0.25) is 0 Å². The molecule has 3 heterocycles. The largest absolute Gasteiger partial charge is 0.496 e. The second-order valence-electron chi connectivity index (χ2n) is 5.01. The summed E-state index contributed by atoms with van der Waals surface area (Å²) in [5, 5.41) is 14.8. The molecule has 1 aliphatic rings. The molecule has 7 heteroatoms. The van der Waals surface area contributed by atoms with Gasteiger partial charge in [-0.25, -0.2) is 4.98 Å². The zero-order valence-electron chi connectivity index (χ0n) is 12.1. The molecule has 0 fully saturated rings. The summed E-state index contributed by atoms with van der Waals surface area (Å²) in [7, 11) is 1.68. The van der Waals surface area contributed by atoms with E-state index in [0.717, 1.165) is 53.3 Å². The van der Waals surface area contributed by atoms with E-state index in [1.54, 1.807) is 18.4 Å². The lowest BCUT2D eigenvalue weighted by atomic mass is 10.2. The highest BCUT2D eigenvalue weighted by Gasteiger charge is 2.19. The van der Waals surface area contributed by atoms with Crippen LogP contribution in [0, 0.1) is 0 Å². The highest BCUT2D eigenvalue weighted by molar-refractivity contribution is 7.13. The summed E-state index contributed by atoms with van der Waals surface area (Å²) in [6.45, 7) is 2.57. The molecule has 0 bridgehead atoms. The van der Waals surface area contributed by atoms with Crippen LogP contribution in [-0.2, 0) is 13.1 Å². The number of hydrogen-bond donors (Lipinski definition) is 1. The molecule has 4 rings (SSSR count). The Labute approximate surface area is 131 Å². The Morgan fingerprint density at radius 3 is 3.09 bits per heavy atom. The molecule has 1 N–H and O–H groups in total. The van der Waals surface area contributed by atoms with Crippen molar-refractivity contribution in [2.75, 3.05) is 13.7 Å². The second-order valence-corrected chi connectivity index (χ2v) is 5.86. The lowest BCUT2D eigenvalue weighted by Crippen LogP contribution is -2.28. The average molecular weight is 313 g/mol. The van der Waals surface area contributed by atoms with Crippen molar-refractivity contribution in [2.24, 2.45) is 0 Å². The number of nitrogens with zero attached hydrogens (tertiary/aromatic N) is 4. The van der Waals surface area contributed by atoms with E-state index in [2.05, 4.69) is 20.1 Å². The van der Waals surface area contributed by atoms with E-state index in [0.29, 0.717) is 0 Å². The first-order valence-electron chi connectivity index (χ1n) is 7.09. The maximum absolute atomic E-state index is 5.42. The monoisotopic (exact) mass is 313 g/mol. The first-order valence-corrected chi connectivity index (χ1v) is 7.97. The van der Waals surface area contributed by atoms with Crippen molar-refractivity contribution in [1.29, 1.82) is 0 Å². The van der Waals surface area contributed by atoms with Crippen LogP contribution in [0.1, 0.15) is 5.82 Å². The summed E-state index contributed by atoms with van der Waals surface area (Å²) in [5.74, 6) is 2.64. The minimum atomic E-state index is 0.760. The Balaban J connectivity index is 1.74. The van der Waals surface area contributed by atoms with Crippen LogP contribution in [0.5, 0.6) is 5.75 Å². The zero-order chi connectivity index (χ0) is 14.9. The van der Waals surface area contributed by atoms with Gasteiger partial charge in [-0.2, -0.15) is 0 Å². The number of rotatable bonds is 3. The third kappa shape index (κ3) is 2.18. The third-order valence-corrected chi connectivity index (χ3v) is 4.57. The normalized spacial score (nSPS) is 13.9. The summed E-state index contributed by atoms with van der Waals surface area (Å²) in [6, 6.07) is 7.91. The van der Waals surface area contributed by atoms with E-state index in [9.17, 15) is 0 Å². The summed E-state index contributed by atoms with van der Waals surface area (Å²) >= 11 is 1.59. The molecule has 0 aliphatic carbocycles. The first-order chi connectivity index (χ1) is 10.9. The maximum atomic E-state index is 5.42. The SMILES string of the molecule is COc1ccccc1-c1nc(-c2nnc3n2CCNC3)cs1. The number of fused-ring (bicyclic) bond motifs is 1. The van der Waals surface area contributed by atoms with Crippen LogP contribution in [0.4, 0.5) is 0 Å². The minimum Gasteiger partial charge on any atom is -0.496 e. The fourth-order valence-electron chi connectivity index (χ4n) is 2.60. The van der Waals surface area contributed by atoms with Crippen LogP contribution in [-0.4, -0.2) is 33.4 Å². The van der Waals surface area contributed by atoms with Crippen molar-refractivity contribution in [3.8, 4) is 27.8 Å². The molecule has 3 aromatic rings. The van der Waals surface area contributed by atoms with E-state index in [1.807, 2.05) is 29.6 Å². The molecule has 0 amide bonds. The maximum Gasteiger partial charge on any atom is 0.183 e. The summed E-state index contributed by atoms with van der Waals surface area (Å²) in [5.41, 5.74) is 1.87. The van der Waals surface area contributed by atoms with Gasteiger partial charge in [0.15, 0.2) is 5.82 Å². The molecular weight excluding hydrogens is 298 g/mol. The molecule has 0 spiro atoms. The molecule has 6 nitrogen and oxygen atoms in total. The molecule has 0 atom stereocenters. The second kappa shape index (κ2) is 5.51. The van der Waals surface area contributed by atoms with Crippen LogP contribution in [0.25, 0.3) is 22.1 Å². The van der Waals surface area contributed by atoms with Gasteiger partial charge < -0.3 is 14.6 Å². The number of methoxy groups -OCH3 is 1. The smallest absolute Gasteiger partial charge is 0.183 e. The van der Waals surface area contributed by atoms with Gasteiger partial charge in [0.2, 0.25) is 0 Å². The van der Waals surface area contributed by atoms with E-state index < -0.39 is 0 Å². The zero-order valence-corrected chi connectivity index (χ0v) is 12.9. The van der Waals surface area contributed by atoms with Crippen molar-refractivity contribution >= 4 is 11.3 Å². The quantitative estimate of drug-likeness (QED) is 0.803. The summed E-state index contributed by atoms with van der Waals surface area (Å²) < 4.78 is 7.55. The van der Waals surface area contributed by atoms with Crippen LogP contribution < -0.4 is 10.1 Å². The molecule has 1 aromatic carbocycles. The lowest BCUT2D eigenvalue weighted by molar-refractivity contribution is 0.416. The van der Waals surface area contributed by atoms with Crippen molar-refractivity contribution in [3.05, 3.63) is 35.5 Å². The van der Waals surface area contributed by atoms with Gasteiger partial charge in [-0.1, -0.05) is 12.1 Å². The molecule has 0 unspecified atom stereocenters. The Morgan fingerprint density at radius 2 is 2.18 bits per heavy atom.